The van der Waals surface area contributed by atoms with Crippen LogP contribution in [0.15, 0.2) is 59.0 Å². The van der Waals surface area contributed by atoms with Crippen molar-refractivity contribution in [3.63, 3.8) is 0 Å². The van der Waals surface area contributed by atoms with Gasteiger partial charge in [0.15, 0.2) is 0 Å². The molecule has 0 aliphatic rings. The van der Waals surface area contributed by atoms with Crippen LogP contribution in [0.5, 0.6) is 0 Å². The van der Waals surface area contributed by atoms with Crippen LogP contribution in [-0.4, -0.2) is 20.4 Å². The van der Waals surface area contributed by atoms with Crippen LogP contribution in [0.4, 0.5) is 4.39 Å². The van der Waals surface area contributed by atoms with Crippen LogP contribution in [-0.2, 0) is 16.4 Å². The molecule has 0 aliphatic carbocycles. The van der Waals surface area contributed by atoms with E-state index in [9.17, 15) is 12.8 Å². The fourth-order valence-corrected chi connectivity index (χ4v) is 3.56. The molecular weight excluding hydrogens is 329 g/mol. The average Bonchev–Trinajstić information content (AvgIpc) is 2.93. The quantitative estimate of drug-likeness (QED) is 0.742. The Morgan fingerprint density at radius 2 is 1.88 bits per heavy atom. The molecule has 1 N–H and O–H groups in total. The van der Waals surface area contributed by atoms with Crippen molar-refractivity contribution in [2.24, 2.45) is 0 Å². The van der Waals surface area contributed by atoms with Crippen LogP contribution in [0.2, 0.25) is 0 Å². The summed E-state index contributed by atoms with van der Waals surface area (Å²) < 4.78 is 42.3. The van der Waals surface area contributed by atoms with Crippen LogP contribution in [0, 0.1) is 5.82 Å². The second-order valence-electron chi connectivity index (χ2n) is 5.83. The van der Waals surface area contributed by atoms with Crippen LogP contribution in [0.3, 0.4) is 0 Å². The lowest BCUT2D eigenvalue weighted by molar-refractivity contribution is 0.480. The number of fused-ring (bicyclic) bond motifs is 1. The topological polar surface area (TPSA) is 59.3 Å². The minimum Gasteiger partial charge on any atom is -0.460 e. The Hall–Kier alpha value is -2.18. The van der Waals surface area contributed by atoms with Crippen molar-refractivity contribution in [1.29, 1.82) is 0 Å². The molecule has 0 unspecified atom stereocenters. The van der Waals surface area contributed by atoms with Gasteiger partial charge < -0.3 is 9.73 Å². The first kappa shape index (κ1) is 16.7. The highest BCUT2D eigenvalue weighted by Gasteiger charge is 2.17. The Kier molecular flexibility index (Phi) is 4.69. The van der Waals surface area contributed by atoms with Gasteiger partial charge >= 0.3 is 0 Å². The van der Waals surface area contributed by atoms with Crippen molar-refractivity contribution in [3.05, 3.63) is 71.7 Å². The molecule has 0 bridgehead atoms. The third kappa shape index (κ3) is 4.21. The van der Waals surface area contributed by atoms with E-state index < -0.39 is 9.84 Å². The Bertz CT molecular complexity index is 935. The monoisotopic (exact) mass is 347 g/mol. The lowest BCUT2D eigenvalue weighted by atomic mass is 10.1. The molecule has 1 heterocycles. The molecule has 2 aromatic carbocycles. The second kappa shape index (κ2) is 6.75. The predicted molar refractivity (Wildman–Crippen MR) is 91.9 cm³/mol. The van der Waals surface area contributed by atoms with Crippen molar-refractivity contribution in [3.8, 4) is 0 Å². The molecule has 0 saturated heterocycles. The summed E-state index contributed by atoms with van der Waals surface area (Å²) in [6.45, 7) is 0.353. The largest absolute Gasteiger partial charge is 0.460 e. The van der Waals surface area contributed by atoms with Gasteiger partial charge in [0.25, 0.3) is 0 Å². The Morgan fingerprint density at radius 3 is 2.58 bits per heavy atom. The molecule has 1 aromatic heterocycles. The fourth-order valence-electron chi connectivity index (χ4n) is 2.64. The molecule has 0 radical (unpaired) electrons. The van der Waals surface area contributed by atoms with E-state index in [1.54, 1.807) is 12.1 Å². The number of furan rings is 1. The third-order valence-electron chi connectivity index (χ3n) is 3.72. The number of hydrogen-bond donors (Lipinski definition) is 1. The van der Waals surface area contributed by atoms with Gasteiger partial charge in [-0.3, -0.25) is 0 Å². The first-order valence-electron chi connectivity index (χ1n) is 7.55. The fraction of sp³-hybridized carbons (Fsp3) is 0.222. The molecule has 0 aliphatic heterocycles. The Balaban J connectivity index is 1.79. The summed E-state index contributed by atoms with van der Waals surface area (Å²) in [7, 11) is -3.15. The molecular formula is C18H18FNO3S. The number of sulfone groups is 1. The Morgan fingerprint density at radius 1 is 1.12 bits per heavy atom. The molecule has 3 rings (SSSR count). The second-order valence-corrected chi connectivity index (χ2v) is 8.02. The molecule has 6 heteroatoms. The first-order valence-corrected chi connectivity index (χ1v) is 9.61. The van der Waals surface area contributed by atoms with Gasteiger partial charge in [0, 0.05) is 17.7 Å². The smallest absolute Gasteiger partial charge is 0.149 e. The molecule has 4 nitrogen and oxygen atoms in total. The number of hydrogen-bond acceptors (Lipinski definition) is 4. The van der Waals surface area contributed by atoms with Gasteiger partial charge in [-0.2, -0.15) is 0 Å². The van der Waals surface area contributed by atoms with Crippen LogP contribution in [0.25, 0.3) is 11.0 Å². The van der Waals surface area contributed by atoms with Gasteiger partial charge in [0.1, 0.15) is 27.0 Å². The first-order chi connectivity index (χ1) is 11.4. The molecule has 0 amide bonds. The standard InChI is InChI=1S/C18H18FNO3S/c1-24(21,22)12-17(13-5-3-2-4-6-13)20-11-16-10-14-9-15(19)7-8-18(14)23-16/h2-10,17,20H,11-12H2,1H3/t17-/m1/s1. The van der Waals surface area contributed by atoms with E-state index in [1.165, 1.54) is 18.4 Å². The Labute approximate surface area is 140 Å². The van der Waals surface area contributed by atoms with Crippen LogP contribution >= 0.6 is 0 Å². The highest BCUT2D eigenvalue weighted by Crippen LogP contribution is 2.21. The zero-order valence-corrected chi connectivity index (χ0v) is 14.0. The van der Waals surface area contributed by atoms with Crippen molar-refractivity contribution < 1.29 is 17.2 Å². The van der Waals surface area contributed by atoms with Crippen molar-refractivity contribution in [1.82, 2.24) is 5.32 Å². The summed E-state index contributed by atoms with van der Waals surface area (Å²) in [6, 6.07) is 15.2. The summed E-state index contributed by atoms with van der Waals surface area (Å²) in [4.78, 5) is 0. The van der Waals surface area contributed by atoms with Crippen molar-refractivity contribution in [2.75, 3.05) is 12.0 Å². The van der Waals surface area contributed by atoms with E-state index in [0.717, 1.165) is 5.56 Å². The average molecular weight is 347 g/mol. The van der Waals surface area contributed by atoms with Crippen molar-refractivity contribution in [2.45, 2.75) is 12.6 Å². The molecule has 0 saturated carbocycles. The van der Waals surface area contributed by atoms with Gasteiger partial charge in [-0.15, -0.1) is 0 Å². The predicted octanol–water partition coefficient (Wildman–Crippen LogP) is 3.45. The van der Waals surface area contributed by atoms with Crippen LogP contribution in [0.1, 0.15) is 17.4 Å². The number of benzene rings is 2. The van der Waals surface area contributed by atoms with Crippen molar-refractivity contribution >= 4 is 20.8 Å². The third-order valence-corrected chi connectivity index (χ3v) is 4.66. The molecule has 126 valence electrons. The van der Waals surface area contributed by atoms with Gasteiger partial charge in [-0.25, -0.2) is 12.8 Å². The van der Waals surface area contributed by atoms with Gasteiger partial charge in [-0.1, -0.05) is 30.3 Å². The van der Waals surface area contributed by atoms with Gasteiger partial charge in [0.2, 0.25) is 0 Å². The van der Waals surface area contributed by atoms with E-state index in [-0.39, 0.29) is 17.6 Å². The summed E-state index contributed by atoms with van der Waals surface area (Å²) >= 11 is 0. The molecule has 1 atom stereocenters. The maximum atomic E-state index is 13.2. The maximum absolute atomic E-state index is 13.2. The number of halogens is 1. The van der Waals surface area contributed by atoms with E-state index in [0.29, 0.717) is 23.3 Å². The van der Waals surface area contributed by atoms with Crippen LogP contribution < -0.4 is 5.32 Å². The summed E-state index contributed by atoms with van der Waals surface area (Å²) in [6.07, 6.45) is 1.22. The van der Waals surface area contributed by atoms with E-state index in [1.807, 2.05) is 30.3 Å². The van der Waals surface area contributed by atoms with E-state index >= 15 is 0 Å². The van der Waals surface area contributed by atoms with Gasteiger partial charge in [-0.05, 0) is 29.8 Å². The highest BCUT2D eigenvalue weighted by atomic mass is 32.2. The summed E-state index contributed by atoms with van der Waals surface area (Å²) in [5.74, 6) is 0.304. The minimum atomic E-state index is -3.15. The highest BCUT2D eigenvalue weighted by molar-refractivity contribution is 7.90. The molecule has 3 aromatic rings. The molecule has 24 heavy (non-hydrogen) atoms. The lowest BCUT2D eigenvalue weighted by Gasteiger charge is -2.17. The van der Waals surface area contributed by atoms with E-state index in [4.69, 9.17) is 4.42 Å². The zero-order valence-electron chi connectivity index (χ0n) is 13.2. The summed E-state index contributed by atoms with van der Waals surface area (Å²) in [5, 5.41) is 3.90. The SMILES string of the molecule is CS(=O)(=O)C[C@@H](NCc1cc2cc(F)ccc2o1)c1ccccc1. The van der Waals surface area contributed by atoms with E-state index in [2.05, 4.69) is 5.32 Å². The lowest BCUT2D eigenvalue weighted by Crippen LogP contribution is -2.27. The normalized spacial score (nSPS) is 13.2. The van der Waals surface area contributed by atoms with Gasteiger partial charge in [0.05, 0.1) is 12.3 Å². The molecule has 0 spiro atoms. The molecule has 0 fully saturated rings. The maximum Gasteiger partial charge on any atom is 0.149 e. The summed E-state index contributed by atoms with van der Waals surface area (Å²) in [5.41, 5.74) is 1.50. The number of rotatable bonds is 6. The number of nitrogens with one attached hydrogen (secondary N) is 1. The minimum absolute atomic E-state index is 0.00807. The zero-order chi connectivity index (χ0) is 17.2.